The number of halogens is 2. The Hall–Kier alpha value is -2.21. The molecular formula is C12H9ClFN5. The molecule has 0 saturated carbocycles. The average Bonchev–Trinajstić information content (AvgIpc) is 2.66. The number of imidazole rings is 1. The van der Waals surface area contributed by atoms with Gasteiger partial charge in [0.2, 0.25) is 5.95 Å². The lowest BCUT2D eigenvalue weighted by Crippen LogP contribution is -2.01. The van der Waals surface area contributed by atoms with Gasteiger partial charge in [-0.25, -0.2) is 14.4 Å². The molecule has 19 heavy (non-hydrogen) atoms. The molecule has 3 rings (SSSR count). The van der Waals surface area contributed by atoms with Crippen molar-refractivity contribution in [3.8, 4) is 5.69 Å². The van der Waals surface area contributed by atoms with Crippen LogP contribution in [-0.2, 0) is 0 Å². The summed E-state index contributed by atoms with van der Waals surface area (Å²) in [4.78, 5) is 12.4. The number of anilines is 1. The minimum Gasteiger partial charge on any atom is -0.369 e. The zero-order valence-corrected chi connectivity index (χ0v) is 10.7. The second kappa shape index (κ2) is 4.17. The summed E-state index contributed by atoms with van der Waals surface area (Å²) in [7, 11) is 0. The molecule has 96 valence electrons. The fraction of sp³-hybridized carbons (Fsp3) is 0.0833. The molecule has 2 N–H and O–H groups in total. The number of benzene rings is 1. The van der Waals surface area contributed by atoms with Gasteiger partial charge in [0.05, 0.1) is 0 Å². The van der Waals surface area contributed by atoms with Crippen LogP contribution in [0.1, 0.15) is 5.82 Å². The topological polar surface area (TPSA) is 69.6 Å². The van der Waals surface area contributed by atoms with E-state index in [1.54, 1.807) is 23.6 Å². The Kier molecular flexibility index (Phi) is 2.60. The molecule has 5 nitrogen and oxygen atoms in total. The van der Waals surface area contributed by atoms with Crippen LogP contribution in [0.5, 0.6) is 0 Å². The fourth-order valence-corrected chi connectivity index (χ4v) is 2.20. The number of hydrogen-bond acceptors (Lipinski definition) is 4. The number of fused-ring (bicyclic) bond motifs is 1. The van der Waals surface area contributed by atoms with Gasteiger partial charge in [-0.3, -0.25) is 4.57 Å². The van der Waals surface area contributed by atoms with E-state index in [1.165, 1.54) is 12.1 Å². The van der Waals surface area contributed by atoms with Crippen molar-refractivity contribution in [3.05, 3.63) is 41.1 Å². The SMILES string of the molecule is Cc1nc(Cl)c2c(n1)nc(N)n2-c1ccc(F)cc1. The van der Waals surface area contributed by atoms with Crippen molar-refractivity contribution >= 4 is 28.7 Å². The summed E-state index contributed by atoms with van der Waals surface area (Å²) in [5.41, 5.74) is 7.45. The maximum absolute atomic E-state index is 13.0. The molecule has 0 saturated heterocycles. The number of hydrogen-bond donors (Lipinski definition) is 1. The number of nitrogens with zero attached hydrogens (tertiary/aromatic N) is 4. The standard InChI is InChI=1S/C12H9ClFN5/c1-6-16-10(13)9-11(17-6)18-12(15)19(9)8-4-2-7(14)3-5-8/h2-5H,1H3,(H2,15,16,17,18). The van der Waals surface area contributed by atoms with E-state index in [2.05, 4.69) is 15.0 Å². The normalized spacial score (nSPS) is 11.1. The highest BCUT2D eigenvalue weighted by atomic mass is 35.5. The van der Waals surface area contributed by atoms with Crippen LogP contribution in [-0.4, -0.2) is 19.5 Å². The Bertz CT molecular complexity index is 766. The lowest BCUT2D eigenvalue weighted by molar-refractivity contribution is 0.627. The largest absolute Gasteiger partial charge is 0.369 e. The van der Waals surface area contributed by atoms with Gasteiger partial charge in [0.15, 0.2) is 10.8 Å². The molecule has 2 heterocycles. The van der Waals surface area contributed by atoms with Crippen molar-refractivity contribution < 1.29 is 4.39 Å². The minimum atomic E-state index is -0.329. The Morgan fingerprint density at radius 3 is 2.53 bits per heavy atom. The molecule has 0 aliphatic rings. The van der Waals surface area contributed by atoms with Crippen LogP contribution in [0.25, 0.3) is 16.9 Å². The van der Waals surface area contributed by atoms with Gasteiger partial charge in [-0.1, -0.05) is 11.6 Å². The van der Waals surface area contributed by atoms with Crippen molar-refractivity contribution in [2.45, 2.75) is 6.92 Å². The average molecular weight is 278 g/mol. The smallest absolute Gasteiger partial charge is 0.207 e. The fourth-order valence-electron chi connectivity index (χ4n) is 1.91. The molecule has 2 aromatic heterocycles. The zero-order chi connectivity index (χ0) is 13.6. The predicted molar refractivity (Wildman–Crippen MR) is 70.8 cm³/mol. The molecule has 0 spiro atoms. The first kappa shape index (κ1) is 11.9. The van der Waals surface area contributed by atoms with Crippen molar-refractivity contribution in [3.63, 3.8) is 0 Å². The maximum atomic E-state index is 13.0. The molecular weight excluding hydrogens is 269 g/mol. The second-order valence-electron chi connectivity index (χ2n) is 4.02. The summed E-state index contributed by atoms with van der Waals surface area (Å²) in [6.45, 7) is 1.72. The molecule has 0 amide bonds. The van der Waals surface area contributed by atoms with Gasteiger partial charge in [-0.15, -0.1) is 0 Å². The van der Waals surface area contributed by atoms with Crippen molar-refractivity contribution in [2.24, 2.45) is 0 Å². The maximum Gasteiger partial charge on any atom is 0.207 e. The minimum absolute atomic E-state index is 0.225. The van der Waals surface area contributed by atoms with Crippen LogP contribution in [0, 0.1) is 12.7 Å². The molecule has 0 bridgehead atoms. The third kappa shape index (κ3) is 1.90. The van der Waals surface area contributed by atoms with E-state index in [0.717, 1.165) is 0 Å². The van der Waals surface area contributed by atoms with Crippen LogP contribution < -0.4 is 5.73 Å². The molecule has 3 aromatic rings. The quantitative estimate of drug-likeness (QED) is 0.694. The number of nitrogens with two attached hydrogens (primary N) is 1. The van der Waals surface area contributed by atoms with Crippen LogP contribution in [0.15, 0.2) is 24.3 Å². The molecule has 0 aliphatic heterocycles. The molecule has 0 aliphatic carbocycles. The predicted octanol–water partition coefficient (Wildman–Crippen LogP) is 2.50. The zero-order valence-electron chi connectivity index (χ0n) is 9.93. The third-order valence-corrected chi connectivity index (χ3v) is 2.96. The van der Waals surface area contributed by atoms with Gasteiger partial charge in [0, 0.05) is 5.69 Å². The first-order valence-electron chi connectivity index (χ1n) is 5.50. The molecule has 0 atom stereocenters. The van der Waals surface area contributed by atoms with Gasteiger partial charge in [0.1, 0.15) is 17.2 Å². The summed E-state index contributed by atoms with van der Waals surface area (Å²) in [6.07, 6.45) is 0. The molecule has 1 aromatic carbocycles. The van der Waals surface area contributed by atoms with E-state index in [1.807, 2.05) is 0 Å². The Balaban J connectivity index is 2.34. The van der Waals surface area contributed by atoms with Gasteiger partial charge >= 0.3 is 0 Å². The lowest BCUT2D eigenvalue weighted by Gasteiger charge is -2.06. The van der Waals surface area contributed by atoms with Gasteiger partial charge in [-0.2, -0.15) is 4.98 Å². The van der Waals surface area contributed by atoms with Crippen LogP contribution in [0.4, 0.5) is 10.3 Å². The van der Waals surface area contributed by atoms with E-state index in [9.17, 15) is 4.39 Å². The summed E-state index contributed by atoms with van der Waals surface area (Å²) in [5, 5.41) is 0.260. The number of aromatic nitrogens is 4. The Labute approximate surface area is 112 Å². The number of rotatable bonds is 1. The van der Waals surface area contributed by atoms with E-state index in [0.29, 0.717) is 22.7 Å². The Morgan fingerprint density at radius 2 is 1.84 bits per heavy atom. The van der Waals surface area contributed by atoms with Crippen molar-refractivity contribution in [1.82, 2.24) is 19.5 Å². The molecule has 0 fully saturated rings. The number of nitrogen functional groups attached to an aromatic ring is 1. The summed E-state index contributed by atoms with van der Waals surface area (Å²) >= 11 is 6.12. The highest BCUT2D eigenvalue weighted by Gasteiger charge is 2.15. The monoisotopic (exact) mass is 277 g/mol. The molecule has 0 unspecified atom stereocenters. The first-order chi connectivity index (χ1) is 9.06. The van der Waals surface area contributed by atoms with E-state index in [4.69, 9.17) is 17.3 Å². The highest BCUT2D eigenvalue weighted by Crippen LogP contribution is 2.26. The van der Waals surface area contributed by atoms with Gasteiger partial charge in [-0.05, 0) is 31.2 Å². The van der Waals surface area contributed by atoms with Crippen LogP contribution >= 0.6 is 11.6 Å². The van der Waals surface area contributed by atoms with E-state index < -0.39 is 0 Å². The summed E-state index contributed by atoms with van der Waals surface area (Å²) in [5.74, 6) is 0.412. The Morgan fingerprint density at radius 1 is 1.16 bits per heavy atom. The molecule has 0 radical (unpaired) electrons. The van der Waals surface area contributed by atoms with E-state index >= 15 is 0 Å². The van der Waals surface area contributed by atoms with E-state index in [-0.39, 0.29) is 16.9 Å². The second-order valence-corrected chi connectivity index (χ2v) is 4.37. The van der Waals surface area contributed by atoms with Crippen molar-refractivity contribution in [1.29, 1.82) is 0 Å². The van der Waals surface area contributed by atoms with Crippen LogP contribution in [0.3, 0.4) is 0 Å². The number of aryl methyl sites for hydroxylation is 1. The third-order valence-electron chi connectivity index (χ3n) is 2.69. The summed E-state index contributed by atoms with van der Waals surface area (Å²) < 4.78 is 14.6. The van der Waals surface area contributed by atoms with Gasteiger partial charge < -0.3 is 5.73 Å². The van der Waals surface area contributed by atoms with Gasteiger partial charge in [0.25, 0.3) is 0 Å². The first-order valence-corrected chi connectivity index (χ1v) is 5.88. The highest BCUT2D eigenvalue weighted by molar-refractivity contribution is 6.33. The molecule has 7 heteroatoms. The van der Waals surface area contributed by atoms with Crippen molar-refractivity contribution in [2.75, 3.05) is 5.73 Å². The summed E-state index contributed by atoms with van der Waals surface area (Å²) in [6, 6.07) is 5.85. The van der Waals surface area contributed by atoms with Crippen LogP contribution in [0.2, 0.25) is 5.15 Å². The lowest BCUT2D eigenvalue weighted by atomic mass is 10.3.